The average Bonchev–Trinajstić information content (AvgIpc) is 3.29. The van der Waals surface area contributed by atoms with Gasteiger partial charge in [-0.1, -0.05) is 35.5 Å². The first kappa shape index (κ1) is 21.2. The van der Waals surface area contributed by atoms with Crippen LogP contribution in [0.15, 0.2) is 65.3 Å². The van der Waals surface area contributed by atoms with Crippen LogP contribution in [0.4, 0.5) is 5.82 Å². The van der Waals surface area contributed by atoms with Gasteiger partial charge in [-0.25, -0.2) is 4.98 Å². The number of pyridine rings is 1. The molecule has 4 rings (SSSR count). The van der Waals surface area contributed by atoms with Gasteiger partial charge in [0.2, 0.25) is 5.82 Å². The molecule has 8 heteroatoms. The van der Waals surface area contributed by atoms with Crippen LogP contribution >= 0.6 is 0 Å². The van der Waals surface area contributed by atoms with Crippen LogP contribution in [-0.2, 0) is 16.1 Å². The van der Waals surface area contributed by atoms with Crippen molar-refractivity contribution in [2.75, 3.05) is 19.0 Å². The second-order valence-electron chi connectivity index (χ2n) is 7.22. The molecule has 0 spiro atoms. The van der Waals surface area contributed by atoms with Crippen molar-refractivity contribution in [2.24, 2.45) is 0 Å². The van der Waals surface area contributed by atoms with E-state index in [-0.39, 0.29) is 6.54 Å². The number of carbonyl (C=O) groups is 1. The smallest absolute Gasteiger partial charge is 0.322 e. The highest BCUT2D eigenvalue weighted by molar-refractivity contribution is 5.74. The lowest BCUT2D eigenvalue weighted by molar-refractivity contribution is -0.134. The van der Waals surface area contributed by atoms with Crippen LogP contribution < -0.4 is 5.32 Å². The van der Waals surface area contributed by atoms with E-state index in [9.17, 15) is 4.79 Å². The number of rotatable bonds is 8. The molecule has 0 amide bonds. The molecule has 162 valence electrons. The Balaban J connectivity index is 1.64. The van der Waals surface area contributed by atoms with Gasteiger partial charge in [0.1, 0.15) is 12.4 Å². The Morgan fingerprint density at radius 1 is 1.09 bits per heavy atom. The first-order valence-corrected chi connectivity index (χ1v) is 9.99. The fourth-order valence-electron chi connectivity index (χ4n) is 3.43. The fraction of sp³-hybridized carbons (Fsp3) is 0.167. The summed E-state index contributed by atoms with van der Waals surface area (Å²) in [5, 5.41) is 15.6. The molecule has 0 aliphatic rings. The highest BCUT2D eigenvalue weighted by Gasteiger charge is 2.15. The van der Waals surface area contributed by atoms with Gasteiger partial charge in [0.15, 0.2) is 0 Å². The Labute approximate surface area is 184 Å². The van der Waals surface area contributed by atoms with Gasteiger partial charge in [-0.2, -0.15) is 4.98 Å². The zero-order valence-corrected chi connectivity index (χ0v) is 17.7. The number of carboxylic acid groups (broad SMARTS) is 1. The number of aromatic nitrogens is 3. The molecule has 2 N–H and O–H groups in total. The van der Waals surface area contributed by atoms with Crippen LogP contribution in [0.3, 0.4) is 0 Å². The van der Waals surface area contributed by atoms with Crippen molar-refractivity contribution in [1.82, 2.24) is 15.1 Å². The van der Waals surface area contributed by atoms with E-state index in [2.05, 4.69) is 39.5 Å². The maximum atomic E-state index is 10.8. The molecule has 8 nitrogen and oxygen atoms in total. The van der Waals surface area contributed by atoms with E-state index in [4.69, 9.17) is 14.4 Å². The van der Waals surface area contributed by atoms with Gasteiger partial charge in [-0.3, -0.25) is 4.79 Å². The second kappa shape index (κ2) is 9.40. The Kier molecular flexibility index (Phi) is 6.23. The molecular formula is C24H22N4O4. The molecule has 4 aromatic rings. The van der Waals surface area contributed by atoms with Crippen LogP contribution in [0.2, 0.25) is 0 Å². The number of hydrogen-bond acceptors (Lipinski definition) is 7. The number of anilines is 1. The van der Waals surface area contributed by atoms with E-state index < -0.39 is 5.97 Å². The van der Waals surface area contributed by atoms with Crippen molar-refractivity contribution in [3.8, 4) is 34.0 Å². The van der Waals surface area contributed by atoms with Crippen LogP contribution in [0, 0.1) is 6.92 Å². The number of nitrogens with zero attached hydrogens (tertiary/aromatic N) is 3. The number of ether oxygens (including phenoxy) is 1. The minimum Gasteiger partial charge on any atom is -0.480 e. The number of carboxylic acids is 1. The number of benzene rings is 2. The van der Waals surface area contributed by atoms with E-state index in [1.54, 1.807) is 25.4 Å². The van der Waals surface area contributed by atoms with Gasteiger partial charge < -0.3 is 19.7 Å². The molecule has 0 saturated carbocycles. The van der Waals surface area contributed by atoms with Gasteiger partial charge in [0, 0.05) is 24.4 Å². The molecule has 2 aromatic heterocycles. The number of nitrogens with one attached hydrogen (secondary N) is 1. The van der Waals surface area contributed by atoms with Crippen LogP contribution in [0.25, 0.3) is 34.0 Å². The normalized spacial score (nSPS) is 10.8. The van der Waals surface area contributed by atoms with Gasteiger partial charge >= 0.3 is 5.97 Å². The van der Waals surface area contributed by atoms with Crippen molar-refractivity contribution in [3.05, 3.63) is 71.9 Å². The van der Waals surface area contributed by atoms with Crippen molar-refractivity contribution in [2.45, 2.75) is 13.5 Å². The van der Waals surface area contributed by atoms with Crippen molar-refractivity contribution < 1.29 is 19.2 Å². The molecule has 2 aromatic carbocycles. The zero-order valence-electron chi connectivity index (χ0n) is 17.7. The maximum absolute atomic E-state index is 10.8. The summed E-state index contributed by atoms with van der Waals surface area (Å²) in [4.78, 5) is 19.4. The summed E-state index contributed by atoms with van der Waals surface area (Å²) in [6.07, 6.45) is 1.56. The Bertz CT molecular complexity index is 1250. The molecule has 0 bridgehead atoms. The third-order valence-corrected chi connectivity index (χ3v) is 4.95. The molecule has 2 heterocycles. The van der Waals surface area contributed by atoms with Gasteiger partial charge in [0.25, 0.3) is 5.89 Å². The average molecular weight is 430 g/mol. The highest BCUT2D eigenvalue weighted by atomic mass is 16.5. The van der Waals surface area contributed by atoms with E-state index >= 15 is 0 Å². The van der Waals surface area contributed by atoms with Crippen LogP contribution in [-0.4, -0.2) is 39.9 Å². The number of aliphatic carboxylic acids is 1. The molecule has 0 unspecified atom stereocenters. The van der Waals surface area contributed by atoms with Gasteiger partial charge in [-0.05, 0) is 53.4 Å². The molecular weight excluding hydrogens is 408 g/mol. The lowest BCUT2D eigenvalue weighted by atomic mass is 9.94. The summed E-state index contributed by atoms with van der Waals surface area (Å²) >= 11 is 0. The summed E-state index contributed by atoms with van der Waals surface area (Å²) in [5.74, 6) is 0.212. The predicted molar refractivity (Wildman–Crippen MR) is 120 cm³/mol. The number of methoxy groups -OCH3 is 1. The highest BCUT2D eigenvalue weighted by Crippen LogP contribution is 2.31. The third kappa shape index (κ3) is 4.65. The van der Waals surface area contributed by atoms with E-state index in [1.807, 2.05) is 30.3 Å². The standard InChI is InChI=1S/C24H22N4O4/c1-15-5-3-4-6-19(15)20-8-7-17(11-18(20)14-31-2)24-27-23(28-32-24)16-9-10-25-21(12-16)26-13-22(29)30/h3-12H,13-14H2,1-2H3,(H,25,26)(H,29,30). The third-order valence-electron chi connectivity index (χ3n) is 4.95. The molecule has 0 aliphatic carbocycles. The first-order valence-electron chi connectivity index (χ1n) is 9.99. The molecule has 32 heavy (non-hydrogen) atoms. The monoisotopic (exact) mass is 430 g/mol. The largest absolute Gasteiger partial charge is 0.480 e. The van der Waals surface area contributed by atoms with E-state index in [1.165, 1.54) is 5.56 Å². The lowest BCUT2D eigenvalue weighted by Gasteiger charge is -2.12. The SMILES string of the molecule is COCc1cc(-c2nc(-c3ccnc(NCC(=O)O)c3)no2)ccc1-c1ccccc1C. The Hall–Kier alpha value is -4.04. The van der Waals surface area contributed by atoms with Crippen molar-refractivity contribution in [3.63, 3.8) is 0 Å². The van der Waals surface area contributed by atoms with Crippen LogP contribution in [0.1, 0.15) is 11.1 Å². The zero-order chi connectivity index (χ0) is 22.5. The summed E-state index contributed by atoms with van der Waals surface area (Å²) in [6, 6.07) is 17.6. The molecule has 0 aliphatic heterocycles. The fourth-order valence-corrected chi connectivity index (χ4v) is 3.43. The Morgan fingerprint density at radius 2 is 1.94 bits per heavy atom. The maximum Gasteiger partial charge on any atom is 0.322 e. The molecule has 0 atom stereocenters. The number of aryl methyl sites for hydroxylation is 1. The molecule has 0 radical (unpaired) electrons. The summed E-state index contributed by atoms with van der Waals surface area (Å²) in [5.41, 5.74) is 5.89. The summed E-state index contributed by atoms with van der Waals surface area (Å²) < 4.78 is 10.9. The van der Waals surface area contributed by atoms with E-state index in [0.717, 1.165) is 22.3 Å². The van der Waals surface area contributed by atoms with Crippen LogP contribution in [0.5, 0.6) is 0 Å². The quantitative estimate of drug-likeness (QED) is 0.423. The number of hydrogen-bond donors (Lipinski definition) is 2. The van der Waals surface area contributed by atoms with Gasteiger partial charge in [0.05, 0.1) is 6.61 Å². The molecule has 0 saturated heterocycles. The van der Waals surface area contributed by atoms with Crippen molar-refractivity contribution in [1.29, 1.82) is 0 Å². The first-order chi connectivity index (χ1) is 15.5. The predicted octanol–water partition coefficient (Wildman–Crippen LogP) is 4.42. The Morgan fingerprint density at radius 3 is 2.72 bits per heavy atom. The minimum absolute atomic E-state index is 0.233. The second-order valence-corrected chi connectivity index (χ2v) is 7.22. The lowest BCUT2D eigenvalue weighted by Crippen LogP contribution is -2.13. The van der Waals surface area contributed by atoms with E-state index in [0.29, 0.717) is 29.7 Å². The topological polar surface area (TPSA) is 110 Å². The summed E-state index contributed by atoms with van der Waals surface area (Å²) in [6.45, 7) is 2.29. The summed E-state index contributed by atoms with van der Waals surface area (Å²) in [7, 11) is 1.67. The molecule has 0 fully saturated rings. The van der Waals surface area contributed by atoms with Gasteiger partial charge in [-0.15, -0.1) is 0 Å². The minimum atomic E-state index is -0.972. The van der Waals surface area contributed by atoms with Crippen molar-refractivity contribution >= 4 is 11.8 Å².